The highest BCUT2D eigenvalue weighted by molar-refractivity contribution is 6.03. The number of carbonyl (C=O) groups excluding carboxylic acids is 2. The number of hydrogen-bond acceptors (Lipinski definition) is 5. The van der Waals surface area contributed by atoms with Gasteiger partial charge in [-0.15, -0.1) is 10.2 Å². The molecule has 0 aliphatic heterocycles. The number of aromatic nitrogens is 1. The van der Waals surface area contributed by atoms with Gasteiger partial charge >= 0.3 is 0 Å². The smallest absolute Gasteiger partial charge is 0.295 e. The van der Waals surface area contributed by atoms with Crippen LogP contribution < -0.4 is 4.74 Å². The van der Waals surface area contributed by atoms with Crippen molar-refractivity contribution in [3.63, 3.8) is 0 Å². The van der Waals surface area contributed by atoms with Gasteiger partial charge in [0, 0.05) is 21.9 Å². The molecule has 8 heteroatoms. The lowest BCUT2D eigenvalue weighted by atomic mass is 10.1. The summed E-state index contributed by atoms with van der Waals surface area (Å²) in [5, 5.41) is 28.8. The first-order valence-corrected chi connectivity index (χ1v) is 9.26. The molecule has 0 bridgehead atoms. The lowest BCUT2D eigenvalue weighted by Crippen LogP contribution is -1.97. The van der Waals surface area contributed by atoms with Crippen molar-refractivity contribution in [1.82, 2.24) is 4.57 Å². The third-order valence-electron chi connectivity index (χ3n) is 4.75. The van der Waals surface area contributed by atoms with Crippen molar-refractivity contribution in [2.24, 2.45) is 10.2 Å². The summed E-state index contributed by atoms with van der Waals surface area (Å²) >= 11 is 0. The van der Waals surface area contributed by atoms with Gasteiger partial charge in [0.1, 0.15) is 5.75 Å². The number of fused-ring (bicyclic) bond motifs is 1. The third-order valence-corrected chi connectivity index (χ3v) is 4.75. The molecule has 8 nitrogen and oxygen atoms in total. The molecule has 4 rings (SSSR count). The molecule has 2 N–H and O–H groups in total. The van der Waals surface area contributed by atoms with E-state index in [1.54, 1.807) is 54.6 Å². The predicted octanol–water partition coefficient (Wildman–Crippen LogP) is 4.48. The minimum Gasteiger partial charge on any atom is -0.497 e. The molecule has 0 saturated carbocycles. The highest BCUT2D eigenvalue weighted by Crippen LogP contribution is 2.39. The third kappa shape index (κ3) is 3.74. The normalized spacial score (nSPS) is 11.1. The molecule has 2 amide bonds. The number of carbonyl (C=O) groups is 2. The van der Waals surface area contributed by atoms with Crippen LogP contribution in [0.2, 0.25) is 0 Å². The molecular weight excluding hydrogens is 398 g/mol. The largest absolute Gasteiger partial charge is 0.497 e. The summed E-state index contributed by atoms with van der Waals surface area (Å²) in [4.78, 5) is 24.4. The Bertz CT molecular complexity index is 1310. The molecular formula is C23H17N3O5. The fourth-order valence-corrected chi connectivity index (χ4v) is 3.16. The number of amides is 2. The Labute approximate surface area is 176 Å². The summed E-state index contributed by atoms with van der Waals surface area (Å²) in [5.41, 5.74) is 0.931. The molecule has 0 saturated heterocycles. The summed E-state index contributed by atoms with van der Waals surface area (Å²) in [6.07, 6.45) is 0. The van der Waals surface area contributed by atoms with E-state index in [9.17, 15) is 19.8 Å². The Balaban J connectivity index is 1.66. The van der Waals surface area contributed by atoms with Crippen molar-refractivity contribution in [3.8, 4) is 23.2 Å². The zero-order valence-electron chi connectivity index (χ0n) is 16.4. The van der Waals surface area contributed by atoms with Crippen LogP contribution >= 0.6 is 0 Å². The zero-order valence-corrected chi connectivity index (χ0v) is 16.4. The summed E-state index contributed by atoms with van der Waals surface area (Å²) in [6.45, 7) is 0. The summed E-state index contributed by atoms with van der Waals surface area (Å²) in [6, 6.07) is 19.3. The van der Waals surface area contributed by atoms with Crippen LogP contribution in [-0.4, -0.2) is 33.7 Å². The first-order valence-electron chi connectivity index (χ1n) is 9.26. The molecule has 1 aromatic heterocycles. The molecule has 154 valence electrons. The number of azo groups is 1. The number of aromatic hydroxyl groups is 2. The monoisotopic (exact) mass is 415 g/mol. The lowest BCUT2D eigenvalue weighted by Gasteiger charge is -2.07. The molecule has 0 atom stereocenters. The van der Waals surface area contributed by atoms with Gasteiger partial charge in [-0.25, -0.2) is 0 Å². The number of rotatable bonds is 4. The van der Waals surface area contributed by atoms with Gasteiger partial charge < -0.3 is 14.9 Å². The Morgan fingerprint density at radius 2 is 1.39 bits per heavy atom. The topological polar surface area (TPSA) is 113 Å². The van der Waals surface area contributed by atoms with E-state index in [4.69, 9.17) is 4.74 Å². The van der Waals surface area contributed by atoms with Crippen LogP contribution in [0.1, 0.15) is 20.7 Å². The molecule has 0 radical (unpaired) electrons. The quantitative estimate of drug-likeness (QED) is 0.477. The van der Waals surface area contributed by atoms with Gasteiger partial charge in [0.05, 0.1) is 12.8 Å². The molecule has 31 heavy (non-hydrogen) atoms. The highest BCUT2D eigenvalue weighted by Gasteiger charge is 2.19. The average molecular weight is 415 g/mol. The van der Waals surface area contributed by atoms with Gasteiger partial charge in [-0.2, -0.15) is 0 Å². The highest BCUT2D eigenvalue weighted by atomic mass is 16.5. The number of benzene rings is 3. The minimum atomic E-state index is -0.748. The number of hydrogen-bond donors (Lipinski definition) is 2. The lowest BCUT2D eigenvalue weighted by molar-refractivity contribution is 0.0947. The van der Waals surface area contributed by atoms with Crippen molar-refractivity contribution in [2.45, 2.75) is 0 Å². The van der Waals surface area contributed by atoms with Crippen LogP contribution in [-0.2, 0) is 0 Å². The predicted molar refractivity (Wildman–Crippen MR) is 113 cm³/mol. The summed E-state index contributed by atoms with van der Waals surface area (Å²) < 4.78 is 6.37. The van der Waals surface area contributed by atoms with E-state index in [-0.39, 0.29) is 22.7 Å². The first-order chi connectivity index (χ1) is 15.0. The maximum atomic E-state index is 12.4. The summed E-state index contributed by atoms with van der Waals surface area (Å²) in [7, 11) is 1.54. The molecule has 0 unspecified atom stereocenters. The van der Waals surface area contributed by atoms with Crippen LogP contribution in [0.3, 0.4) is 0 Å². The second-order valence-corrected chi connectivity index (χ2v) is 6.62. The SMILES string of the molecule is COc1ccc(-n2c(O)c3ccc(C(=O)N=NC(=O)c4ccccc4)cc3c2O)cc1. The fraction of sp³-hybridized carbons (Fsp3) is 0.0435. The molecule has 0 spiro atoms. The van der Waals surface area contributed by atoms with E-state index >= 15 is 0 Å². The van der Waals surface area contributed by atoms with Crippen molar-refractivity contribution >= 4 is 22.6 Å². The van der Waals surface area contributed by atoms with Crippen LogP contribution in [0.25, 0.3) is 16.5 Å². The standard InChI is InChI=1S/C23H17N3O5/c1-31-17-10-8-16(9-11-17)26-22(29)18-12-7-15(13-19(18)23(26)30)21(28)25-24-20(27)14-5-3-2-4-6-14/h2-13,29-30H,1H3. The van der Waals surface area contributed by atoms with E-state index in [1.165, 1.54) is 29.9 Å². The van der Waals surface area contributed by atoms with Gasteiger partial charge in [-0.3, -0.25) is 14.2 Å². The average Bonchev–Trinajstić information content (AvgIpc) is 3.07. The number of methoxy groups -OCH3 is 1. The summed E-state index contributed by atoms with van der Waals surface area (Å²) in [5.74, 6) is -1.19. The van der Waals surface area contributed by atoms with E-state index in [0.29, 0.717) is 22.4 Å². The fourth-order valence-electron chi connectivity index (χ4n) is 3.16. The Morgan fingerprint density at radius 1 is 0.774 bits per heavy atom. The minimum absolute atomic E-state index is 0.110. The molecule has 4 aromatic rings. The maximum Gasteiger partial charge on any atom is 0.295 e. The maximum absolute atomic E-state index is 12.4. The first kappa shape index (κ1) is 19.8. The molecule has 0 fully saturated rings. The van der Waals surface area contributed by atoms with Crippen molar-refractivity contribution in [1.29, 1.82) is 0 Å². The van der Waals surface area contributed by atoms with Gasteiger partial charge in [0.15, 0.2) is 0 Å². The van der Waals surface area contributed by atoms with Gasteiger partial charge in [0.25, 0.3) is 11.8 Å². The number of ether oxygens (including phenoxy) is 1. The Hall–Kier alpha value is -4.46. The Morgan fingerprint density at radius 3 is 2.03 bits per heavy atom. The van der Waals surface area contributed by atoms with Crippen LogP contribution in [0, 0.1) is 0 Å². The number of nitrogens with zero attached hydrogens (tertiary/aromatic N) is 3. The molecule has 0 aliphatic carbocycles. The second kappa shape index (κ2) is 8.11. The zero-order chi connectivity index (χ0) is 22.0. The molecule has 1 heterocycles. The Kier molecular flexibility index (Phi) is 5.19. The van der Waals surface area contributed by atoms with Gasteiger partial charge in [0.2, 0.25) is 11.8 Å². The molecule has 0 aliphatic rings. The second-order valence-electron chi connectivity index (χ2n) is 6.62. The van der Waals surface area contributed by atoms with E-state index in [2.05, 4.69) is 10.2 Å². The van der Waals surface area contributed by atoms with Crippen LogP contribution in [0.15, 0.2) is 83.0 Å². The van der Waals surface area contributed by atoms with Crippen LogP contribution in [0.5, 0.6) is 17.5 Å². The van der Waals surface area contributed by atoms with E-state index in [1.807, 2.05) is 0 Å². The van der Waals surface area contributed by atoms with E-state index in [0.717, 1.165) is 0 Å². The van der Waals surface area contributed by atoms with Crippen molar-refractivity contribution in [3.05, 3.63) is 83.9 Å². The van der Waals surface area contributed by atoms with Crippen molar-refractivity contribution < 1.29 is 24.5 Å². The van der Waals surface area contributed by atoms with Gasteiger partial charge in [-0.1, -0.05) is 18.2 Å². The van der Waals surface area contributed by atoms with Gasteiger partial charge in [-0.05, 0) is 54.6 Å². The van der Waals surface area contributed by atoms with Crippen LogP contribution in [0.4, 0.5) is 0 Å². The molecule has 3 aromatic carbocycles. The van der Waals surface area contributed by atoms with E-state index < -0.39 is 11.8 Å². The van der Waals surface area contributed by atoms with Crippen molar-refractivity contribution in [2.75, 3.05) is 7.11 Å².